The van der Waals surface area contributed by atoms with Gasteiger partial charge in [0.2, 0.25) is 6.17 Å². The van der Waals surface area contributed by atoms with Gasteiger partial charge in [0.05, 0.1) is 11.4 Å². The maximum atomic E-state index is 13.8. The number of carbonyl (C=O) groups excluding carboxylic acids is 2. The van der Waals surface area contributed by atoms with Gasteiger partial charge in [-0.15, -0.1) is 0 Å². The first kappa shape index (κ1) is 30.6. The average Bonchev–Trinajstić information content (AvgIpc) is 3.19. The average molecular weight is 599 g/mol. The molecule has 1 atom stereocenters. The third kappa shape index (κ3) is 7.12. The maximum absolute atomic E-state index is 13.8. The van der Waals surface area contributed by atoms with Crippen molar-refractivity contribution in [3.63, 3.8) is 0 Å². The van der Waals surface area contributed by atoms with E-state index in [1.165, 1.54) is 70.1 Å². The molecule has 0 radical (unpaired) electrons. The molecule has 3 heterocycles. The molecule has 1 unspecified atom stereocenters. The topological polar surface area (TPSA) is 80.3 Å². The molecule has 2 aromatic rings. The van der Waals surface area contributed by atoms with Crippen LogP contribution in [0.4, 0.5) is 16.2 Å². The Balaban J connectivity index is 1.07. The number of para-hydroxylation sites is 1. The molecule has 6 rings (SSSR count). The number of piperidine rings is 2. The van der Waals surface area contributed by atoms with Gasteiger partial charge in [0, 0.05) is 49.4 Å². The molecule has 2 N–H and O–H groups in total. The molecule has 236 valence electrons. The predicted octanol–water partition coefficient (Wildman–Crippen LogP) is 6.09. The molecule has 2 saturated heterocycles. The standard InChI is InChI=1S/C36H50N6O2/c1-2-21-42-32-14-8-7-13-31(32)33(28-11-5-3-6-12-28)38-34(35(42)43)39-36(44)37-26-27-15-17-29(18-16-27)41-24-19-30(20-25-41)40-22-9-4-10-23-40/h7-8,13-18,28,30,34H,2-6,9-12,19-26H2,1H3,(H2,37,39,44). The summed E-state index contributed by atoms with van der Waals surface area (Å²) in [5.41, 5.74) is 5.18. The summed E-state index contributed by atoms with van der Waals surface area (Å²) in [6, 6.07) is 17.0. The van der Waals surface area contributed by atoms with E-state index in [9.17, 15) is 9.59 Å². The van der Waals surface area contributed by atoms with Gasteiger partial charge in [-0.05, 0) is 81.8 Å². The molecule has 0 spiro atoms. The monoisotopic (exact) mass is 598 g/mol. The zero-order valence-corrected chi connectivity index (χ0v) is 26.5. The molecular weight excluding hydrogens is 548 g/mol. The number of rotatable bonds is 8. The number of benzodiazepines with no additional fused rings is 1. The van der Waals surface area contributed by atoms with E-state index in [1.54, 1.807) is 0 Å². The summed E-state index contributed by atoms with van der Waals surface area (Å²) in [7, 11) is 0. The van der Waals surface area contributed by atoms with Crippen molar-refractivity contribution in [3.05, 3.63) is 59.7 Å². The van der Waals surface area contributed by atoms with E-state index in [0.717, 1.165) is 60.9 Å². The van der Waals surface area contributed by atoms with Crippen LogP contribution in [0.2, 0.25) is 0 Å². The molecule has 1 aliphatic carbocycles. The second-order valence-electron chi connectivity index (χ2n) is 13.1. The highest BCUT2D eigenvalue weighted by Crippen LogP contribution is 2.34. The number of aliphatic imine (C=N–C) groups is 1. The Morgan fingerprint density at radius 1 is 0.864 bits per heavy atom. The highest BCUT2D eigenvalue weighted by atomic mass is 16.2. The quantitative estimate of drug-likeness (QED) is 0.385. The van der Waals surface area contributed by atoms with Crippen molar-refractivity contribution in [2.45, 2.75) is 96.3 Å². The summed E-state index contributed by atoms with van der Waals surface area (Å²) in [4.78, 5) is 39.0. The van der Waals surface area contributed by atoms with E-state index in [2.05, 4.69) is 57.7 Å². The number of nitrogens with one attached hydrogen (secondary N) is 2. The van der Waals surface area contributed by atoms with Gasteiger partial charge in [-0.25, -0.2) is 4.79 Å². The van der Waals surface area contributed by atoms with Crippen molar-refractivity contribution >= 4 is 29.0 Å². The minimum absolute atomic E-state index is 0.173. The van der Waals surface area contributed by atoms with Crippen molar-refractivity contribution in [1.82, 2.24) is 15.5 Å². The normalized spacial score (nSPS) is 22.2. The molecule has 3 fully saturated rings. The Kier molecular flexibility index (Phi) is 10.2. The van der Waals surface area contributed by atoms with Crippen molar-refractivity contribution in [2.24, 2.45) is 10.9 Å². The van der Waals surface area contributed by atoms with Crippen LogP contribution in [0.1, 0.15) is 88.7 Å². The molecule has 4 aliphatic rings. The van der Waals surface area contributed by atoms with E-state index in [4.69, 9.17) is 4.99 Å². The number of anilines is 2. The van der Waals surface area contributed by atoms with E-state index in [1.807, 2.05) is 23.1 Å². The summed E-state index contributed by atoms with van der Waals surface area (Å²) < 4.78 is 0. The van der Waals surface area contributed by atoms with Gasteiger partial charge in [0.1, 0.15) is 0 Å². The Morgan fingerprint density at radius 3 is 2.30 bits per heavy atom. The van der Waals surface area contributed by atoms with Crippen LogP contribution < -0.4 is 20.4 Å². The Morgan fingerprint density at radius 2 is 1.57 bits per heavy atom. The van der Waals surface area contributed by atoms with Crippen LogP contribution in [0.3, 0.4) is 0 Å². The minimum atomic E-state index is -0.943. The second-order valence-corrected chi connectivity index (χ2v) is 13.1. The van der Waals surface area contributed by atoms with Crippen molar-refractivity contribution in [3.8, 4) is 0 Å². The van der Waals surface area contributed by atoms with Crippen LogP contribution in [0.5, 0.6) is 0 Å². The number of hydrogen-bond acceptors (Lipinski definition) is 5. The SMILES string of the molecule is CCCN1C(=O)C(NC(=O)NCc2ccc(N3CCC(N4CCCCC4)CC3)cc2)N=C(C2CCCCC2)c2ccccc21. The Bertz CT molecular complexity index is 1290. The smallest absolute Gasteiger partial charge is 0.317 e. The summed E-state index contributed by atoms with van der Waals surface area (Å²) in [5.74, 6) is 0.134. The second kappa shape index (κ2) is 14.6. The molecule has 3 aliphatic heterocycles. The number of amides is 3. The highest BCUT2D eigenvalue weighted by molar-refractivity contribution is 6.14. The van der Waals surface area contributed by atoms with Crippen molar-refractivity contribution in [1.29, 1.82) is 0 Å². The zero-order valence-electron chi connectivity index (χ0n) is 26.5. The fourth-order valence-electron chi connectivity index (χ4n) is 7.66. The number of hydrogen-bond donors (Lipinski definition) is 2. The third-order valence-corrected chi connectivity index (χ3v) is 10.1. The predicted molar refractivity (Wildman–Crippen MR) is 178 cm³/mol. The molecule has 8 nitrogen and oxygen atoms in total. The fourth-order valence-corrected chi connectivity index (χ4v) is 7.66. The fraction of sp³-hybridized carbons (Fsp3) is 0.583. The zero-order chi connectivity index (χ0) is 30.3. The number of likely N-dealkylation sites (tertiary alicyclic amines) is 1. The Hall–Kier alpha value is -3.39. The summed E-state index contributed by atoms with van der Waals surface area (Å²) in [6.07, 6.45) is 12.2. The minimum Gasteiger partial charge on any atom is -0.371 e. The lowest BCUT2D eigenvalue weighted by atomic mass is 9.83. The number of nitrogens with zero attached hydrogens (tertiary/aromatic N) is 4. The van der Waals surface area contributed by atoms with Gasteiger partial charge in [-0.3, -0.25) is 9.79 Å². The molecule has 1 saturated carbocycles. The van der Waals surface area contributed by atoms with Gasteiger partial charge in [-0.1, -0.05) is 62.9 Å². The summed E-state index contributed by atoms with van der Waals surface area (Å²) >= 11 is 0. The van der Waals surface area contributed by atoms with E-state index >= 15 is 0 Å². The largest absolute Gasteiger partial charge is 0.371 e. The lowest BCUT2D eigenvalue weighted by Crippen LogP contribution is -2.50. The molecule has 0 bridgehead atoms. The van der Waals surface area contributed by atoms with Crippen LogP contribution in [-0.2, 0) is 11.3 Å². The first-order valence-corrected chi connectivity index (χ1v) is 17.2. The van der Waals surface area contributed by atoms with Gasteiger partial charge >= 0.3 is 6.03 Å². The molecule has 44 heavy (non-hydrogen) atoms. The lowest BCUT2D eigenvalue weighted by molar-refractivity contribution is -0.120. The number of carbonyl (C=O) groups is 2. The first-order valence-electron chi connectivity index (χ1n) is 17.2. The van der Waals surface area contributed by atoms with Gasteiger partial charge in [0.15, 0.2) is 0 Å². The lowest BCUT2D eigenvalue weighted by Gasteiger charge is -2.41. The molecular formula is C36H50N6O2. The molecule has 3 amide bonds. The molecule has 8 heteroatoms. The highest BCUT2D eigenvalue weighted by Gasteiger charge is 2.34. The van der Waals surface area contributed by atoms with Crippen LogP contribution in [0, 0.1) is 5.92 Å². The summed E-state index contributed by atoms with van der Waals surface area (Å²) in [6.45, 7) is 7.79. The van der Waals surface area contributed by atoms with E-state index in [-0.39, 0.29) is 11.9 Å². The number of urea groups is 1. The summed E-state index contributed by atoms with van der Waals surface area (Å²) in [5, 5.41) is 5.91. The van der Waals surface area contributed by atoms with Gasteiger partial charge < -0.3 is 25.3 Å². The molecule has 2 aromatic carbocycles. The van der Waals surface area contributed by atoms with Crippen LogP contribution in [0.25, 0.3) is 0 Å². The van der Waals surface area contributed by atoms with Gasteiger partial charge in [0.25, 0.3) is 5.91 Å². The van der Waals surface area contributed by atoms with Crippen molar-refractivity contribution in [2.75, 3.05) is 42.5 Å². The van der Waals surface area contributed by atoms with Crippen molar-refractivity contribution < 1.29 is 9.59 Å². The third-order valence-electron chi connectivity index (χ3n) is 10.1. The van der Waals surface area contributed by atoms with E-state index in [0.29, 0.717) is 19.0 Å². The molecule has 0 aromatic heterocycles. The maximum Gasteiger partial charge on any atom is 0.317 e. The number of fused-ring (bicyclic) bond motifs is 1. The van der Waals surface area contributed by atoms with Gasteiger partial charge in [-0.2, -0.15) is 0 Å². The van der Waals surface area contributed by atoms with E-state index < -0.39 is 6.17 Å². The van der Waals surface area contributed by atoms with Crippen LogP contribution in [0.15, 0.2) is 53.5 Å². The first-order chi connectivity index (χ1) is 21.6. The van der Waals surface area contributed by atoms with Crippen LogP contribution >= 0.6 is 0 Å². The number of benzene rings is 2. The van der Waals surface area contributed by atoms with Crippen LogP contribution in [-0.4, -0.2) is 67.5 Å². The Labute approximate surface area is 263 Å².